The number of ether oxygens (including phenoxy) is 1. The van der Waals surface area contributed by atoms with E-state index in [2.05, 4.69) is 30.8 Å². The van der Waals surface area contributed by atoms with Gasteiger partial charge in [-0.05, 0) is 21.0 Å². The van der Waals surface area contributed by atoms with Crippen LogP contribution in [0.4, 0.5) is 0 Å². The van der Waals surface area contributed by atoms with Crippen LogP contribution in [0.15, 0.2) is 12.2 Å². The van der Waals surface area contributed by atoms with E-state index in [1.807, 2.05) is 7.05 Å². The fraction of sp³-hybridized carbons (Fsp3) is 0.818. The molecule has 1 N–H and O–H groups in total. The Hall–Kier alpha value is -0.380. The van der Waals surface area contributed by atoms with E-state index in [1.54, 1.807) is 0 Å². The molecule has 0 aromatic rings. The maximum absolute atomic E-state index is 5.45. The number of hydrogen-bond donors (Lipinski definition) is 1. The molecule has 2 unspecified atom stereocenters. The molecule has 0 bridgehead atoms. The molecule has 3 heteroatoms. The summed E-state index contributed by atoms with van der Waals surface area (Å²) in [4.78, 5) is 2.31. The molecule has 14 heavy (non-hydrogen) atoms. The molecular formula is C11H22N2O. The quantitative estimate of drug-likeness (QED) is 0.659. The van der Waals surface area contributed by atoms with Crippen molar-refractivity contribution in [1.82, 2.24) is 10.2 Å². The fourth-order valence-electron chi connectivity index (χ4n) is 2.02. The van der Waals surface area contributed by atoms with Gasteiger partial charge in [0.15, 0.2) is 0 Å². The second-order valence-electron chi connectivity index (χ2n) is 4.35. The first kappa shape index (κ1) is 11.7. The molecule has 1 fully saturated rings. The minimum atomic E-state index is 0.516. The largest absolute Gasteiger partial charge is 0.379 e. The van der Waals surface area contributed by atoms with Crippen LogP contribution in [-0.4, -0.2) is 51.3 Å². The van der Waals surface area contributed by atoms with Gasteiger partial charge in [-0.1, -0.05) is 12.2 Å². The van der Waals surface area contributed by atoms with E-state index in [0.717, 1.165) is 26.3 Å². The van der Waals surface area contributed by atoms with E-state index < -0.39 is 0 Å². The number of hydrogen-bond acceptors (Lipinski definition) is 3. The van der Waals surface area contributed by atoms with Crippen molar-refractivity contribution in [2.75, 3.05) is 40.4 Å². The zero-order valence-corrected chi connectivity index (χ0v) is 9.55. The van der Waals surface area contributed by atoms with E-state index >= 15 is 0 Å². The van der Waals surface area contributed by atoms with Gasteiger partial charge in [0.2, 0.25) is 0 Å². The van der Waals surface area contributed by atoms with Crippen molar-refractivity contribution in [3.8, 4) is 0 Å². The molecular weight excluding hydrogens is 176 g/mol. The molecule has 0 aromatic heterocycles. The Kier molecular flexibility index (Phi) is 4.58. The Bertz CT molecular complexity index is 194. The van der Waals surface area contributed by atoms with Gasteiger partial charge < -0.3 is 15.0 Å². The zero-order chi connectivity index (χ0) is 10.6. The molecule has 0 radical (unpaired) electrons. The predicted octanol–water partition coefficient (Wildman–Crippen LogP) is 0.729. The summed E-state index contributed by atoms with van der Waals surface area (Å²) < 4.78 is 5.45. The molecule has 0 spiro atoms. The van der Waals surface area contributed by atoms with Crippen molar-refractivity contribution in [2.24, 2.45) is 5.92 Å². The molecule has 0 aliphatic carbocycles. The van der Waals surface area contributed by atoms with E-state index in [9.17, 15) is 0 Å². The van der Waals surface area contributed by atoms with Crippen LogP contribution in [0.5, 0.6) is 0 Å². The van der Waals surface area contributed by atoms with Crippen LogP contribution in [0.3, 0.4) is 0 Å². The van der Waals surface area contributed by atoms with Crippen molar-refractivity contribution < 1.29 is 4.74 Å². The molecule has 2 atom stereocenters. The molecule has 0 aromatic carbocycles. The standard InChI is InChI=1S/C11H22N2O/c1-9(2)5-13(4)6-10-7-14-8-11(10)12-3/h10-12H,1,5-8H2,2-4H3. The lowest BCUT2D eigenvalue weighted by Gasteiger charge is -2.23. The Labute approximate surface area is 87.1 Å². The summed E-state index contributed by atoms with van der Waals surface area (Å²) in [6.07, 6.45) is 0. The highest BCUT2D eigenvalue weighted by Crippen LogP contribution is 2.14. The van der Waals surface area contributed by atoms with Crippen LogP contribution in [0.25, 0.3) is 0 Å². The van der Waals surface area contributed by atoms with Crippen molar-refractivity contribution in [2.45, 2.75) is 13.0 Å². The first-order chi connectivity index (χ1) is 6.63. The van der Waals surface area contributed by atoms with Crippen LogP contribution in [0, 0.1) is 5.92 Å². The summed E-state index contributed by atoms with van der Waals surface area (Å²) in [5, 5.41) is 3.30. The third-order valence-corrected chi connectivity index (χ3v) is 2.66. The highest BCUT2D eigenvalue weighted by molar-refractivity contribution is 4.92. The van der Waals surface area contributed by atoms with Crippen molar-refractivity contribution in [3.05, 3.63) is 12.2 Å². The lowest BCUT2D eigenvalue weighted by atomic mass is 10.0. The summed E-state index contributed by atoms with van der Waals surface area (Å²) in [7, 11) is 4.14. The second-order valence-corrected chi connectivity index (χ2v) is 4.35. The Balaban J connectivity index is 2.31. The molecule has 1 heterocycles. The van der Waals surface area contributed by atoms with E-state index in [-0.39, 0.29) is 0 Å². The molecule has 82 valence electrons. The van der Waals surface area contributed by atoms with Gasteiger partial charge >= 0.3 is 0 Å². The monoisotopic (exact) mass is 198 g/mol. The van der Waals surface area contributed by atoms with Gasteiger partial charge in [0, 0.05) is 25.0 Å². The van der Waals surface area contributed by atoms with Gasteiger partial charge in [0.05, 0.1) is 13.2 Å². The fourth-order valence-corrected chi connectivity index (χ4v) is 2.02. The number of nitrogens with zero attached hydrogens (tertiary/aromatic N) is 1. The van der Waals surface area contributed by atoms with Crippen LogP contribution < -0.4 is 5.32 Å². The highest BCUT2D eigenvalue weighted by Gasteiger charge is 2.27. The van der Waals surface area contributed by atoms with Crippen molar-refractivity contribution >= 4 is 0 Å². The van der Waals surface area contributed by atoms with Gasteiger partial charge in [-0.15, -0.1) is 0 Å². The van der Waals surface area contributed by atoms with Gasteiger partial charge in [0.25, 0.3) is 0 Å². The third-order valence-electron chi connectivity index (χ3n) is 2.66. The van der Waals surface area contributed by atoms with Gasteiger partial charge in [-0.2, -0.15) is 0 Å². The van der Waals surface area contributed by atoms with E-state index in [1.165, 1.54) is 5.57 Å². The van der Waals surface area contributed by atoms with Crippen LogP contribution >= 0.6 is 0 Å². The number of nitrogens with one attached hydrogen (secondary N) is 1. The summed E-state index contributed by atoms with van der Waals surface area (Å²) in [5.74, 6) is 0.615. The molecule has 1 aliphatic heterocycles. The van der Waals surface area contributed by atoms with Crippen molar-refractivity contribution in [1.29, 1.82) is 0 Å². The average molecular weight is 198 g/mol. The first-order valence-corrected chi connectivity index (χ1v) is 5.21. The predicted molar refractivity (Wildman–Crippen MR) is 59.5 cm³/mol. The molecule has 0 amide bonds. The van der Waals surface area contributed by atoms with E-state index in [0.29, 0.717) is 12.0 Å². The number of rotatable bonds is 5. The first-order valence-electron chi connectivity index (χ1n) is 5.21. The van der Waals surface area contributed by atoms with Crippen molar-refractivity contribution in [3.63, 3.8) is 0 Å². The Morgan fingerprint density at radius 1 is 1.57 bits per heavy atom. The third kappa shape index (κ3) is 3.40. The lowest BCUT2D eigenvalue weighted by Crippen LogP contribution is -2.39. The minimum absolute atomic E-state index is 0.516. The molecule has 3 nitrogen and oxygen atoms in total. The Morgan fingerprint density at radius 2 is 2.29 bits per heavy atom. The van der Waals surface area contributed by atoms with Crippen LogP contribution in [-0.2, 0) is 4.74 Å². The Morgan fingerprint density at radius 3 is 2.86 bits per heavy atom. The summed E-state index contributed by atoms with van der Waals surface area (Å²) in [6.45, 7) is 9.78. The van der Waals surface area contributed by atoms with Crippen LogP contribution in [0.2, 0.25) is 0 Å². The molecule has 1 aliphatic rings. The summed E-state index contributed by atoms with van der Waals surface area (Å²) in [6, 6.07) is 0.516. The zero-order valence-electron chi connectivity index (χ0n) is 9.55. The molecule has 0 saturated carbocycles. The minimum Gasteiger partial charge on any atom is -0.379 e. The van der Waals surface area contributed by atoms with Gasteiger partial charge in [-0.25, -0.2) is 0 Å². The SMILES string of the molecule is C=C(C)CN(C)CC1COCC1NC. The van der Waals surface area contributed by atoms with E-state index in [4.69, 9.17) is 4.74 Å². The maximum atomic E-state index is 5.45. The normalized spacial score (nSPS) is 27.1. The lowest BCUT2D eigenvalue weighted by molar-refractivity contribution is 0.175. The topological polar surface area (TPSA) is 24.5 Å². The molecule has 1 saturated heterocycles. The molecule has 1 rings (SSSR count). The maximum Gasteiger partial charge on any atom is 0.0623 e. The average Bonchev–Trinajstić information content (AvgIpc) is 2.50. The smallest absolute Gasteiger partial charge is 0.0623 e. The summed E-state index contributed by atoms with van der Waals surface area (Å²) in [5.41, 5.74) is 1.22. The number of likely N-dealkylation sites (N-methyl/N-ethyl adjacent to an activating group) is 2. The second kappa shape index (κ2) is 5.49. The van der Waals surface area contributed by atoms with Gasteiger partial charge in [-0.3, -0.25) is 0 Å². The van der Waals surface area contributed by atoms with Crippen LogP contribution in [0.1, 0.15) is 6.92 Å². The summed E-state index contributed by atoms with van der Waals surface area (Å²) >= 11 is 0. The van der Waals surface area contributed by atoms with Gasteiger partial charge in [0.1, 0.15) is 0 Å². The highest BCUT2D eigenvalue weighted by atomic mass is 16.5.